The third-order valence-corrected chi connectivity index (χ3v) is 5.35. The van der Waals surface area contributed by atoms with Gasteiger partial charge in [-0.15, -0.1) is 0 Å². The molecule has 1 aromatic heterocycles. The quantitative estimate of drug-likeness (QED) is 0.720. The van der Waals surface area contributed by atoms with Crippen LogP contribution in [-0.2, 0) is 24.3 Å². The van der Waals surface area contributed by atoms with Crippen molar-refractivity contribution in [3.05, 3.63) is 64.6 Å². The molecule has 140 valence electrons. The number of nitrogens with zero attached hydrogens (tertiary/aromatic N) is 2. The van der Waals surface area contributed by atoms with Gasteiger partial charge in [0.1, 0.15) is 5.82 Å². The van der Waals surface area contributed by atoms with Gasteiger partial charge < -0.3 is 14.8 Å². The van der Waals surface area contributed by atoms with Gasteiger partial charge in [0.2, 0.25) is 5.91 Å². The van der Waals surface area contributed by atoms with Crippen LogP contribution in [0.15, 0.2) is 42.5 Å². The van der Waals surface area contributed by atoms with E-state index < -0.39 is 0 Å². The third-order valence-electron chi connectivity index (χ3n) is 5.10. The van der Waals surface area contributed by atoms with Gasteiger partial charge in [-0.2, -0.15) is 0 Å². The highest BCUT2D eigenvalue weighted by atomic mass is 35.5. The van der Waals surface area contributed by atoms with Gasteiger partial charge >= 0.3 is 0 Å². The van der Waals surface area contributed by atoms with Gasteiger partial charge in [0.15, 0.2) is 0 Å². The number of halogens is 2. The number of carbonyl (C=O) groups is 1. The predicted octanol–water partition coefficient (Wildman–Crippen LogP) is 4.45. The fraction of sp³-hybridized carbons (Fsp3) is 0.286. The summed E-state index contributed by atoms with van der Waals surface area (Å²) in [6.45, 7) is 2.34. The Labute approximate surface area is 162 Å². The van der Waals surface area contributed by atoms with Crippen LogP contribution in [-0.4, -0.2) is 29.0 Å². The van der Waals surface area contributed by atoms with Crippen molar-refractivity contribution in [2.24, 2.45) is 0 Å². The number of benzene rings is 2. The summed E-state index contributed by atoms with van der Waals surface area (Å²) in [4.78, 5) is 14.6. The van der Waals surface area contributed by atoms with Crippen LogP contribution in [0, 0.1) is 5.82 Å². The van der Waals surface area contributed by atoms with Crippen LogP contribution in [0.25, 0.3) is 10.9 Å². The van der Waals surface area contributed by atoms with Crippen molar-refractivity contribution in [1.82, 2.24) is 9.47 Å². The molecule has 2 aromatic carbocycles. The highest BCUT2D eigenvalue weighted by molar-refractivity contribution is 6.30. The van der Waals surface area contributed by atoms with E-state index in [1.807, 2.05) is 6.07 Å². The monoisotopic (exact) mass is 385 g/mol. The van der Waals surface area contributed by atoms with Crippen LogP contribution in [0.4, 0.5) is 10.1 Å². The molecule has 2 heterocycles. The number of anilines is 1. The van der Waals surface area contributed by atoms with E-state index in [4.69, 9.17) is 11.6 Å². The van der Waals surface area contributed by atoms with Crippen LogP contribution in [0.5, 0.6) is 0 Å². The molecule has 0 saturated heterocycles. The first-order chi connectivity index (χ1) is 13.0. The molecular formula is C21H21ClFN3O. The zero-order valence-electron chi connectivity index (χ0n) is 15.1. The summed E-state index contributed by atoms with van der Waals surface area (Å²) >= 11 is 5.88. The Morgan fingerprint density at radius 3 is 2.78 bits per heavy atom. The smallest absolute Gasteiger partial charge is 0.226 e. The Morgan fingerprint density at radius 1 is 1.22 bits per heavy atom. The molecule has 1 amide bonds. The summed E-state index contributed by atoms with van der Waals surface area (Å²) < 4.78 is 16.0. The zero-order chi connectivity index (χ0) is 19.0. The topological polar surface area (TPSA) is 37.3 Å². The van der Waals surface area contributed by atoms with Crippen molar-refractivity contribution in [2.45, 2.75) is 25.9 Å². The van der Waals surface area contributed by atoms with Gasteiger partial charge in [0, 0.05) is 59.8 Å². The van der Waals surface area contributed by atoms with E-state index in [9.17, 15) is 9.18 Å². The fourth-order valence-electron chi connectivity index (χ4n) is 3.78. The van der Waals surface area contributed by atoms with E-state index in [0.717, 1.165) is 36.1 Å². The molecular weight excluding hydrogens is 365 g/mol. The molecule has 0 spiro atoms. The van der Waals surface area contributed by atoms with Crippen molar-refractivity contribution in [3.63, 3.8) is 0 Å². The van der Waals surface area contributed by atoms with E-state index in [0.29, 0.717) is 18.0 Å². The molecule has 1 N–H and O–H groups in total. The van der Waals surface area contributed by atoms with Gasteiger partial charge in [-0.1, -0.05) is 11.6 Å². The second kappa shape index (κ2) is 7.33. The molecule has 4 nitrogen and oxygen atoms in total. The Balaban J connectivity index is 1.56. The Kier molecular flexibility index (Phi) is 4.89. The van der Waals surface area contributed by atoms with Crippen molar-refractivity contribution >= 4 is 34.1 Å². The lowest BCUT2D eigenvalue weighted by atomic mass is 10.0. The molecule has 1 aliphatic rings. The number of likely N-dealkylation sites (N-methyl/N-ethyl adjacent to an activating group) is 1. The minimum absolute atomic E-state index is 0.0528. The molecule has 0 saturated carbocycles. The number of nitrogens with one attached hydrogen (secondary N) is 1. The molecule has 0 unspecified atom stereocenters. The number of fused-ring (bicyclic) bond motifs is 3. The summed E-state index contributed by atoms with van der Waals surface area (Å²) in [5, 5.41) is 4.48. The molecule has 0 bridgehead atoms. The van der Waals surface area contributed by atoms with Crippen molar-refractivity contribution in [2.75, 3.05) is 18.9 Å². The van der Waals surface area contributed by atoms with E-state index >= 15 is 0 Å². The van der Waals surface area contributed by atoms with Gasteiger partial charge in [0.05, 0.1) is 0 Å². The lowest BCUT2D eigenvalue weighted by Crippen LogP contribution is -2.27. The van der Waals surface area contributed by atoms with E-state index in [1.165, 1.54) is 17.3 Å². The molecule has 0 atom stereocenters. The molecule has 27 heavy (non-hydrogen) atoms. The third kappa shape index (κ3) is 3.70. The summed E-state index contributed by atoms with van der Waals surface area (Å²) in [5.41, 5.74) is 4.12. The van der Waals surface area contributed by atoms with Gasteiger partial charge in [-0.25, -0.2) is 4.39 Å². The molecule has 6 heteroatoms. The van der Waals surface area contributed by atoms with Gasteiger partial charge in [0.25, 0.3) is 0 Å². The Morgan fingerprint density at radius 2 is 2.00 bits per heavy atom. The average molecular weight is 386 g/mol. The van der Waals surface area contributed by atoms with Crippen molar-refractivity contribution in [1.29, 1.82) is 0 Å². The Hall–Kier alpha value is -2.37. The minimum Gasteiger partial charge on any atom is -0.344 e. The van der Waals surface area contributed by atoms with Crippen LogP contribution >= 0.6 is 11.6 Å². The van der Waals surface area contributed by atoms with Crippen molar-refractivity contribution in [3.8, 4) is 0 Å². The lowest BCUT2D eigenvalue weighted by molar-refractivity contribution is -0.116. The number of carbonyl (C=O) groups excluding carboxylic acids is 1. The highest BCUT2D eigenvalue weighted by Crippen LogP contribution is 2.31. The number of aromatic nitrogens is 1. The first-order valence-corrected chi connectivity index (χ1v) is 9.42. The maximum atomic E-state index is 13.8. The molecule has 4 rings (SSSR count). The van der Waals surface area contributed by atoms with Crippen LogP contribution in [0.3, 0.4) is 0 Å². The summed E-state index contributed by atoms with van der Waals surface area (Å²) in [6.07, 6.45) is 1.26. The fourth-order valence-corrected chi connectivity index (χ4v) is 3.91. The van der Waals surface area contributed by atoms with Crippen LogP contribution < -0.4 is 5.32 Å². The highest BCUT2D eigenvalue weighted by Gasteiger charge is 2.22. The molecule has 1 aliphatic heterocycles. The maximum absolute atomic E-state index is 13.8. The number of aryl methyl sites for hydroxylation is 1. The van der Waals surface area contributed by atoms with E-state index in [2.05, 4.69) is 21.8 Å². The largest absolute Gasteiger partial charge is 0.344 e. The first-order valence-electron chi connectivity index (χ1n) is 9.05. The molecule has 0 fully saturated rings. The number of rotatable bonds is 4. The number of hydrogen-bond donors (Lipinski definition) is 1. The van der Waals surface area contributed by atoms with Crippen LogP contribution in [0.2, 0.25) is 5.02 Å². The van der Waals surface area contributed by atoms with Gasteiger partial charge in [-0.3, -0.25) is 4.79 Å². The average Bonchev–Trinajstić information content (AvgIpc) is 2.94. The second-order valence-corrected chi connectivity index (χ2v) is 7.47. The zero-order valence-corrected chi connectivity index (χ0v) is 15.9. The maximum Gasteiger partial charge on any atom is 0.226 e. The minimum atomic E-state index is -0.226. The molecule has 3 aromatic rings. The summed E-state index contributed by atoms with van der Waals surface area (Å²) in [7, 11) is 2.07. The predicted molar refractivity (Wildman–Crippen MR) is 107 cm³/mol. The molecule has 0 aliphatic carbocycles. The molecule has 0 radical (unpaired) electrons. The number of amides is 1. The second-order valence-electron chi connectivity index (χ2n) is 7.03. The van der Waals surface area contributed by atoms with E-state index in [1.54, 1.807) is 30.3 Å². The first kappa shape index (κ1) is 18.0. The summed E-state index contributed by atoms with van der Waals surface area (Å²) in [6, 6.07) is 12.0. The standard InChI is InChI=1S/C21H21ClFN3O/c1-25-10-8-20-18(13-25)17-12-15(23)4-7-19(17)26(20)11-9-21(27)24-16-5-2-14(22)3-6-16/h2-7,12H,8-11,13H2,1H3,(H,24,27). The van der Waals surface area contributed by atoms with Crippen LogP contribution in [0.1, 0.15) is 17.7 Å². The van der Waals surface area contributed by atoms with Gasteiger partial charge in [-0.05, 0) is 55.1 Å². The normalized spacial score (nSPS) is 14.3. The lowest BCUT2D eigenvalue weighted by Gasteiger charge is -2.24. The Bertz CT molecular complexity index is 997. The summed E-state index contributed by atoms with van der Waals surface area (Å²) in [5.74, 6) is -0.279. The SMILES string of the molecule is CN1CCc2c(c3cc(F)ccc3n2CCC(=O)Nc2ccc(Cl)cc2)C1. The van der Waals surface area contributed by atoms with Crippen molar-refractivity contribution < 1.29 is 9.18 Å². The van der Waals surface area contributed by atoms with E-state index in [-0.39, 0.29) is 11.7 Å². The number of hydrogen-bond acceptors (Lipinski definition) is 2.